The number of carbonyl (C=O) groups is 2. The van der Waals surface area contributed by atoms with E-state index in [0.717, 1.165) is 5.56 Å². The topological polar surface area (TPSA) is 83.6 Å². The van der Waals surface area contributed by atoms with Gasteiger partial charge < -0.3 is 10.2 Å². The molecule has 0 bridgehead atoms. The lowest BCUT2D eigenvalue weighted by Gasteiger charge is -2.20. The van der Waals surface area contributed by atoms with Gasteiger partial charge >= 0.3 is 0 Å². The van der Waals surface area contributed by atoms with Crippen LogP contribution in [0.3, 0.4) is 0 Å². The number of hydrogen-bond acceptors (Lipinski definition) is 4. The summed E-state index contributed by atoms with van der Waals surface area (Å²) in [6, 6.07) is 6.67. The van der Waals surface area contributed by atoms with Crippen LogP contribution < -0.4 is 5.32 Å². The Bertz CT molecular complexity index is 759. The van der Waals surface area contributed by atoms with E-state index in [-0.39, 0.29) is 35.9 Å². The van der Waals surface area contributed by atoms with Crippen LogP contribution in [0.15, 0.2) is 30.3 Å². The van der Waals surface area contributed by atoms with Gasteiger partial charge in [-0.2, -0.15) is 0 Å². The van der Waals surface area contributed by atoms with Crippen molar-refractivity contribution >= 4 is 39.3 Å². The molecule has 1 aromatic rings. The summed E-state index contributed by atoms with van der Waals surface area (Å²) in [4.78, 5) is 25.7. The van der Waals surface area contributed by atoms with Crippen LogP contribution in [0.25, 0.3) is 6.08 Å². The number of sulfone groups is 1. The van der Waals surface area contributed by atoms with Crippen LogP contribution >= 0.6 is 11.6 Å². The number of hydrogen-bond donors (Lipinski definition) is 1. The van der Waals surface area contributed by atoms with Gasteiger partial charge in [0, 0.05) is 23.7 Å². The fraction of sp³-hybridized carbons (Fsp3) is 0.412. The van der Waals surface area contributed by atoms with Gasteiger partial charge in [-0.3, -0.25) is 9.59 Å². The highest BCUT2D eigenvalue weighted by Gasteiger charge is 2.29. The van der Waals surface area contributed by atoms with E-state index in [9.17, 15) is 18.0 Å². The molecular formula is C17H21ClN2O4S. The molecule has 6 nitrogen and oxygen atoms in total. The fourth-order valence-electron chi connectivity index (χ4n) is 2.55. The molecule has 0 aromatic heterocycles. The van der Waals surface area contributed by atoms with Gasteiger partial charge in [-0.25, -0.2) is 8.42 Å². The Morgan fingerprint density at radius 2 is 2.00 bits per heavy atom. The van der Waals surface area contributed by atoms with Crippen molar-refractivity contribution in [2.45, 2.75) is 19.4 Å². The van der Waals surface area contributed by atoms with E-state index in [1.165, 1.54) is 11.0 Å². The third kappa shape index (κ3) is 6.17. The molecule has 0 aliphatic carbocycles. The van der Waals surface area contributed by atoms with Gasteiger partial charge in [-0.1, -0.05) is 23.7 Å². The lowest BCUT2D eigenvalue weighted by molar-refractivity contribution is -0.132. The minimum absolute atomic E-state index is 0.0325. The molecule has 25 heavy (non-hydrogen) atoms. The van der Waals surface area contributed by atoms with E-state index in [4.69, 9.17) is 11.6 Å². The molecule has 2 amide bonds. The van der Waals surface area contributed by atoms with Gasteiger partial charge in [0.1, 0.15) is 0 Å². The number of rotatable bonds is 6. The molecule has 1 aromatic carbocycles. The molecule has 136 valence electrons. The SMILES string of the molecule is CCN(CC(=O)NC1CCS(=O)(=O)C1)C(=O)C=Cc1ccc(Cl)cc1. The van der Waals surface area contributed by atoms with Crippen LogP contribution in [0.1, 0.15) is 18.9 Å². The Labute approximate surface area is 152 Å². The number of nitrogens with zero attached hydrogens (tertiary/aromatic N) is 1. The standard InChI is InChI=1S/C17H21ClN2O4S/c1-2-20(11-16(21)19-15-9-10-25(23,24)12-15)17(22)8-5-13-3-6-14(18)7-4-13/h3-8,15H,2,9-12H2,1H3,(H,19,21). The van der Waals surface area contributed by atoms with Crippen LogP contribution in [0.4, 0.5) is 0 Å². The summed E-state index contributed by atoms with van der Waals surface area (Å²) < 4.78 is 22.8. The molecule has 1 aliphatic rings. The number of halogens is 1. The summed E-state index contributed by atoms with van der Waals surface area (Å²) >= 11 is 5.81. The van der Waals surface area contributed by atoms with Crippen LogP contribution in [-0.4, -0.2) is 55.8 Å². The monoisotopic (exact) mass is 384 g/mol. The average molecular weight is 385 g/mol. The number of amides is 2. The first-order valence-electron chi connectivity index (χ1n) is 8.01. The first-order chi connectivity index (χ1) is 11.8. The van der Waals surface area contributed by atoms with Crippen LogP contribution in [0.2, 0.25) is 5.02 Å². The lowest BCUT2D eigenvalue weighted by atomic mass is 10.2. The molecule has 1 heterocycles. The minimum atomic E-state index is -3.05. The summed E-state index contributed by atoms with van der Waals surface area (Å²) in [6.07, 6.45) is 3.48. The van der Waals surface area contributed by atoms with Crippen LogP contribution in [0.5, 0.6) is 0 Å². The van der Waals surface area contributed by atoms with Crippen molar-refractivity contribution in [3.05, 3.63) is 40.9 Å². The van der Waals surface area contributed by atoms with Gasteiger partial charge in [0.2, 0.25) is 11.8 Å². The highest BCUT2D eigenvalue weighted by atomic mass is 35.5. The van der Waals surface area contributed by atoms with Crippen molar-refractivity contribution in [1.82, 2.24) is 10.2 Å². The number of carbonyl (C=O) groups excluding carboxylic acids is 2. The molecule has 0 radical (unpaired) electrons. The van der Waals surface area contributed by atoms with Gasteiger partial charge in [0.25, 0.3) is 0 Å². The summed E-state index contributed by atoms with van der Waals surface area (Å²) in [7, 11) is -3.05. The van der Waals surface area contributed by atoms with E-state index < -0.39 is 9.84 Å². The second-order valence-electron chi connectivity index (χ2n) is 5.90. The number of likely N-dealkylation sites (N-methyl/N-ethyl adjacent to an activating group) is 1. The first-order valence-corrected chi connectivity index (χ1v) is 10.2. The lowest BCUT2D eigenvalue weighted by Crippen LogP contribution is -2.44. The zero-order chi connectivity index (χ0) is 18.4. The van der Waals surface area contributed by atoms with E-state index >= 15 is 0 Å². The molecule has 1 saturated heterocycles. The molecule has 1 aliphatic heterocycles. The molecule has 1 unspecified atom stereocenters. The predicted octanol–water partition coefficient (Wildman–Crippen LogP) is 1.50. The smallest absolute Gasteiger partial charge is 0.247 e. The van der Waals surface area contributed by atoms with E-state index in [1.807, 2.05) is 0 Å². The minimum Gasteiger partial charge on any atom is -0.351 e. The molecule has 0 spiro atoms. The van der Waals surface area contributed by atoms with Crippen molar-refractivity contribution in [3.8, 4) is 0 Å². The number of nitrogens with one attached hydrogen (secondary N) is 1. The maximum Gasteiger partial charge on any atom is 0.247 e. The van der Waals surface area contributed by atoms with Crippen molar-refractivity contribution in [2.75, 3.05) is 24.6 Å². The molecular weight excluding hydrogens is 364 g/mol. The van der Waals surface area contributed by atoms with Gasteiger partial charge in [-0.15, -0.1) is 0 Å². The zero-order valence-corrected chi connectivity index (χ0v) is 15.5. The van der Waals surface area contributed by atoms with Gasteiger partial charge in [-0.05, 0) is 37.1 Å². The highest BCUT2D eigenvalue weighted by Crippen LogP contribution is 2.12. The average Bonchev–Trinajstić information content (AvgIpc) is 2.90. The summed E-state index contributed by atoms with van der Waals surface area (Å²) in [5.41, 5.74) is 0.828. The second kappa shape index (κ2) is 8.49. The van der Waals surface area contributed by atoms with E-state index in [1.54, 1.807) is 37.3 Å². The van der Waals surface area contributed by atoms with Gasteiger partial charge in [0.05, 0.1) is 18.1 Å². The van der Waals surface area contributed by atoms with Crippen LogP contribution in [-0.2, 0) is 19.4 Å². The number of benzene rings is 1. The van der Waals surface area contributed by atoms with Crippen molar-refractivity contribution in [3.63, 3.8) is 0 Å². The molecule has 0 saturated carbocycles. The normalized spacial score (nSPS) is 19.0. The summed E-state index contributed by atoms with van der Waals surface area (Å²) in [5.74, 6) is -0.572. The van der Waals surface area contributed by atoms with Crippen molar-refractivity contribution in [1.29, 1.82) is 0 Å². The fourth-order valence-corrected chi connectivity index (χ4v) is 4.35. The van der Waals surface area contributed by atoms with Crippen LogP contribution in [0, 0.1) is 0 Å². The first kappa shape index (κ1) is 19.5. The Kier molecular flexibility index (Phi) is 6.61. The maximum atomic E-state index is 12.2. The van der Waals surface area contributed by atoms with Crippen molar-refractivity contribution in [2.24, 2.45) is 0 Å². The Morgan fingerprint density at radius 1 is 1.32 bits per heavy atom. The molecule has 1 fully saturated rings. The second-order valence-corrected chi connectivity index (χ2v) is 8.57. The zero-order valence-electron chi connectivity index (χ0n) is 13.9. The molecule has 1 atom stereocenters. The summed E-state index contributed by atoms with van der Waals surface area (Å²) in [5, 5.41) is 3.30. The van der Waals surface area contributed by atoms with Gasteiger partial charge in [0.15, 0.2) is 9.84 Å². The Hall–Kier alpha value is -1.86. The quantitative estimate of drug-likeness (QED) is 0.753. The molecule has 2 rings (SSSR count). The predicted molar refractivity (Wildman–Crippen MR) is 97.9 cm³/mol. The highest BCUT2D eigenvalue weighted by molar-refractivity contribution is 7.91. The van der Waals surface area contributed by atoms with E-state index in [2.05, 4.69) is 5.32 Å². The third-order valence-electron chi connectivity index (χ3n) is 3.91. The summed E-state index contributed by atoms with van der Waals surface area (Å²) in [6.45, 7) is 2.05. The van der Waals surface area contributed by atoms with E-state index in [0.29, 0.717) is 18.0 Å². The Morgan fingerprint density at radius 3 is 2.56 bits per heavy atom. The molecule has 8 heteroatoms. The Balaban J connectivity index is 1.88. The van der Waals surface area contributed by atoms with Crippen molar-refractivity contribution < 1.29 is 18.0 Å². The maximum absolute atomic E-state index is 12.2. The third-order valence-corrected chi connectivity index (χ3v) is 5.93. The largest absolute Gasteiger partial charge is 0.351 e. The molecule has 1 N–H and O–H groups in total.